The Morgan fingerprint density at radius 3 is 2.62 bits per heavy atom. The fraction of sp³-hybridized carbons (Fsp3) is 0.125. The Hall–Kier alpha value is -2.33. The largest absolute Gasteiger partial charge is 0.457 e. The summed E-state index contributed by atoms with van der Waals surface area (Å²) >= 11 is 5.87. The minimum atomic E-state index is -0.456. The number of nitrogens with one attached hydrogen (secondary N) is 1. The monoisotopic (exact) mass is 303 g/mol. The molecule has 0 unspecified atom stereocenters. The van der Waals surface area contributed by atoms with E-state index in [1.807, 2.05) is 6.07 Å². The third kappa shape index (κ3) is 4.61. The van der Waals surface area contributed by atoms with Crippen LogP contribution in [-0.4, -0.2) is 11.9 Å². The molecule has 0 heterocycles. The number of rotatable bonds is 4. The summed E-state index contributed by atoms with van der Waals surface area (Å²) in [6, 6.07) is 13.7. The molecule has 0 saturated heterocycles. The molecular weight excluding hydrogens is 290 g/mol. The second kappa shape index (κ2) is 6.90. The second-order valence-corrected chi connectivity index (χ2v) is 4.90. The molecule has 0 atom stereocenters. The van der Waals surface area contributed by atoms with Gasteiger partial charge in [-0.2, -0.15) is 0 Å². The van der Waals surface area contributed by atoms with Gasteiger partial charge in [-0.3, -0.25) is 4.79 Å². The quantitative estimate of drug-likeness (QED) is 0.877. The Morgan fingerprint density at radius 1 is 1.14 bits per heavy atom. The number of ether oxygens (including phenoxy) is 1. The normalized spacial score (nSPS) is 10.0. The third-order valence-electron chi connectivity index (χ3n) is 2.68. The summed E-state index contributed by atoms with van der Waals surface area (Å²) < 4.78 is 5.22. The van der Waals surface area contributed by atoms with Crippen LogP contribution in [-0.2, 0) is 16.1 Å². The van der Waals surface area contributed by atoms with Crippen LogP contribution in [0.15, 0.2) is 48.5 Å². The standard InChI is InChI=1S/C16H14ClNO3/c1-11(19)18-15-7-3-5-13(9-15)16(20)21-10-12-4-2-6-14(17)8-12/h2-9H,10H2,1H3,(H,18,19). The molecule has 5 heteroatoms. The molecule has 0 aliphatic rings. The molecular formula is C16H14ClNO3. The molecule has 1 N–H and O–H groups in total. The number of amides is 1. The van der Waals surface area contributed by atoms with E-state index in [0.717, 1.165) is 5.56 Å². The summed E-state index contributed by atoms with van der Waals surface area (Å²) in [5.41, 5.74) is 1.75. The van der Waals surface area contributed by atoms with Crippen molar-refractivity contribution in [1.82, 2.24) is 0 Å². The highest BCUT2D eigenvalue weighted by atomic mass is 35.5. The molecule has 0 radical (unpaired) electrons. The summed E-state index contributed by atoms with van der Waals surface area (Å²) in [5.74, 6) is -0.651. The highest BCUT2D eigenvalue weighted by Crippen LogP contribution is 2.14. The van der Waals surface area contributed by atoms with Crippen molar-refractivity contribution in [3.63, 3.8) is 0 Å². The van der Waals surface area contributed by atoms with Crippen LogP contribution in [0.2, 0.25) is 5.02 Å². The van der Waals surface area contributed by atoms with Gasteiger partial charge >= 0.3 is 5.97 Å². The molecule has 1 amide bonds. The van der Waals surface area contributed by atoms with E-state index >= 15 is 0 Å². The maximum Gasteiger partial charge on any atom is 0.338 e. The zero-order valence-corrected chi connectivity index (χ0v) is 12.2. The summed E-state index contributed by atoms with van der Waals surface area (Å²) in [7, 11) is 0. The van der Waals surface area contributed by atoms with Crippen molar-refractivity contribution >= 4 is 29.2 Å². The molecule has 21 heavy (non-hydrogen) atoms. The molecule has 0 aromatic heterocycles. The molecule has 2 aromatic carbocycles. The predicted molar refractivity (Wildman–Crippen MR) is 81.3 cm³/mol. The van der Waals surface area contributed by atoms with Crippen molar-refractivity contribution in [3.05, 3.63) is 64.7 Å². The smallest absolute Gasteiger partial charge is 0.338 e. The number of hydrogen-bond acceptors (Lipinski definition) is 3. The van der Waals surface area contributed by atoms with Crippen molar-refractivity contribution in [2.45, 2.75) is 13.5 Å². The van der Waals surface area contributed by atoms with Crippen molar-refractivity contribution in [2.75, 3.05) is 5.32 Å². The van der Waals surface area contributed by atoms with Gasteiger partial charge in [0, 0.05) is 17.6 Å². The molecule has 0 fully saturated rings. The van der Waals surface area contributed by atoms with Crippen LogP contribution < -0.4 is 5.32 Å². The van der Waals surface area contributed by atoms with Crippen LogP contribution in [0.25, 0.3) is 0 Å². The molecule has 0 aliphatic carbocycles. The van der Waals surface area contributed by atoms with Gasteiger partial charge in [-0.25, -0.2) is 4.79 Å². The van der Waals surface area contributed by atoms with Crippen molar-refractivity contribution in [3.8, 4) is 0 Å². The van der Waals surface area contributed by atoms with Crippen LogP contribution in [0, 0.1) is 0 Å². The number of benzene rings is 2. The summed E-state index contributed by atoms with van der Waals surface area (Å²) in [6.45, 7) is 1.55. The topological polar surface area (TPSA) is 55.4 Å². The zero-order chi connectivity index (χ0) is 15.2. The average Bonchev–Trinajstić information content (AvgIpc) is 2.44. The first-order valence-electron chi connectivity index (χ1n) is 6.34. The van der Waals surface area contributed by atoms with Gasteiger partial charge in [-0.1, -0.05) is 29.8 Å². The Morgan fingerprint density at radius 2 is 1.90 bits per heavy atom. The van der Waals surface area contributed by atoms with Crippen LogP contribution in [0.5, 0.6) is 0 Å². The van der Waals surface area contributed by atoms with E-state index in [9.17, 15) is 9.59 Å². The SMILES string of the molecule is CC(=O)Nc1cccc(C(=O)OCc2cccc(Cl)c2)c1. The maximum atomic E-state index is 12.0. The van der Waals surface area contributed by atoms with Crippen LogP contribution in [0.1, 0.15) is 22.8 Å². The van der Waals surface area contributed by atoms with E-state index in [0.29, 0.717) is 16.3 Å². The third-order valence-corrected chi connectivity index (χ3v) is 2.91. The molecule has 0 saturated carbocycles. The van der Waals surface area contributed by atoms with Crippen LogP contribution >= 0.6 is 11.6 Å². The minimum absolute atomic E-state index is 0.143. The maximum absolute atomic E-state index is 12.0. The lowest BCUT2D eigenvalue weighted by Gasteiger charge is -2.07. The fourth-order valence-corrected chi connectivity index (χ4v) is 2.00. The highest BCUT2D eigenvalue weighted by molar-refractivity contribution is 6.30. The van der Waals surface area contributed by atoms with Crippen LogP contribution in [0.4, 0.5) is 5.69 Å². The van der Waals surface area contributed by atoms with Gasteiger partial charge in [0.05, 0.1) is 5.56 Å². The summed E-state index contributed by atoms with van der Waals surface area (Å²) in [6.07, 6.45) is 0. The van der Waals surface area contributed by atoms with Gasteiger partial charge in [0.15, 0.2) is 0 Å². The lowest BCUT2D eigenvalue weighted by molar-refractivity contribution is -0.114. The van der Waals surface area contributed by atoms with E-state index in [1.165, 1.54) is 6.92 Å². The van der Waals surface area contributed by atoms with Gasteiger partial charge in [0.1, 0.15) is 6.61 Å². The Kier molecular flexibility index (Phi) is 4.95. The highest BCUT2D eigenvalue weighted by Gasteiger charge is 2.08. The van der Waals surface area contributed by atoms with E-state index in [4.69, 9.17) is 16.3 Å². The molecule has 0 spiro atoms. The lowest BCUT2D eigenvalue weighted by Crippen LogP contribution is -2.08. The number of esters is 1. The van der Waals surface area contributed by atoms with E-state index in [1.54, 1.807) is 42.5 Å². The number of carbonyl (C=O) groups is 2. The number of hydrogen-bond donors (Lipinski definition) is 1. The van der Waals surface area contributed by atoms with Crippen molar-refractivity contribution in [1.29, 1.82) is 0 Å². The van der Waals surface area contributed by atoms with Gasteiger partial charge in [0.2, 0.25) is 5.91 Å². The van der Waals surface area contributed by atoms with Gasteiger partial charge < -0.3 is 10.1 Å². The lowest BCUT2D eigenvalue weighted by atomic mass is 10.2. The number of halogens is 1. The molecule has 2 rings (SSSR count). The van der Waals surface area contributed by atoms with Gasteiger partial charge in [-0.05, 0) is 35.9 Å². The van der Waals surface area contributed by atoms with Gasteiger partial charge in [-0.15, -0.1) is 0 Å². The Labute approximate surface area is 127 Å². The van der Waals surface area contributed by atoms with E-state index < -0.39 is 5.97 Å². The van der Waals surface area contributed by atoms with Crippen molar-refractivity contribution in [2.24, 2.45) is 0 Å². The van der Waals surface area contributed by atoms with Crippen molar-refractivity contribution < 1.29 is 14.3 Å². The molecule has 108 valence electrons. The van der Waals surface area contributed by atoms with Gasteiger partial charge in [0.25, 0.3) is 0 Å². The minimum Gasteiger partial charge on any atom is -0.457 e. The number of carbonyl (C=O) groups excluding carboxylic acids is 2. The first-order valence-corrected chi connectivity index (χ1v) is 6.71. The molecule has 2 aromatic rings. The first kappa shape index (κ1) is 15.1. The first-order chi connectivity index (χ1) is 10.0. The predicted octanol–water partition coefficient (Wildman–Crippen LogP) is 3.66. The summed E-state index contributed by atoms with van der Waals surface area (Å²) in [5, 5.41) is 3.21. The van der Waals surface area contributed by atoms with E-state index in [-0.39, 0.29) is 12.5 Å². The average molecular weight is 304 g/mol. The fourth-order valence-electron chi connectivity index (χ4n) is 1.79. The molecule has 0 aliphatic heterocycles. The van der Waals surface area contributed by atoms with E-state index in [2.05, 4.69) is 5.32 Å². The Bertz CT molecular complexity index is 670. The second-order valence-electron chi connectivity index (χ2n) is 4.47. The molecule has 4 nitrogen and oxygen atoms in total. The molecule has 0 bridgehead atoms. The zero-order valence-electron chi connectivity index (χ0n) is 11.4. The number of anilines is 1. The van der Waals surface area contributed by atoms with Crippen LogP contribution in [0.3, 0.4) is 0 Å². The Balaban J connectivity index is 2.01. The summed E-state index contributed by atoms with van der Waals surface area (Å²) in [4.78, 5) is 23.0.